The summed E-state index contributed by atoms with van der Waals surface area (Å²) < 4.78 is 36.5. The number of nitrogens with one attached hydrogen (secondary N) is 2. The average Bonchev–Trinajstić information content (AvgIpc) is 3.37. The van der Waals surface area contributed by atoms with Crippen molar-refractivity contribution in [2.45, 2.75) is 70.1 Å². The van der Waals surface area contributed by atoms with Crippen molar-refractivity contribution in [3.05, 3.63) is 53.1 Å². The van der Waals surface area contributed by atoms with Crippen LogP contribution in [0.1, 0.15) is 75.0 Å². The van der Waals surface area contributed by atoms with Crippen molar-refractivity contribution in [1.82, 2.24) is 25.1 Å². The molecule has 11 heteroatoms. The number of carbonyl (C=O) groups excluding carboxylic acids is 3. The Morgan fingerprint density at radius 2 is 1.95 bits per heavy atom. The van der Waals surface area contributed by atoms with Gasteiger partial charge >= 0.3 is 6.03 Å². The van der Waals surface area contributed by atoms with Gasteiger partial charge in [-0.05, 0) is 51.2 Å². The van der Waals surface area contributed by atoms with Crippen LogP contribution >= 0.6 is 0 Å². The Morgan fingerprint density at radius 1 is 1.21 bits per heavy atom. The number of benzene rings is 1. The highest BCUT2D eigenvalue weighted by Gasteiger charge is 2.49. The third-order valence-corrected chi connectivity index (χ3v) is 8.49. The first kappa shape index (κ1) is 26.3. The van der Waals surface area contributed by atoms with Crippen molar-refractivity contribution in [3.63, 3.8) is 0 Å². The molecule has 0 bridgehead atoms. The summed E-state index contributed by atoms with van der Waals surface area (Å²) in [6.45, 7) is 4.88. The van der Waals surface area contributed by atoms with E-state index >= 15 is 0 Å². The largest absolute Gasteiger partial charge is 0.373 e. The number of fused-ring (bicyclic) bond motifs is 1. The van der Waals surface area contributed by atoms with Crippen LogP contribution in [0.5, 0.6) is 0 Å². The predicted molar refractivity (Wildman–Crippen MR) is 133 cm³/mol. The van der Waals surface area contributed by atoms with Gasteiger partial charge in [-0.3, -0.25) is 14.9 Å². The lowest BCUT2D eigenvalue weighted by atomic mass is 9.77. The monoisotopic (exact) mass is 529 g/mol. The van der Waals surface area contributed by atoms with Gasteiger partial charge in [-0.25, -0.2) is 18.6 Å². The molecule has 1 aromatic heterocycles. The number of piperidine rings is 1. The SMILES string of the molecule is COC(C)(C)c1cnc2n1C[C@H](c1cccc(F)c1F)CC[C@H]2NC(=O)N1CCC2(CC1)CC(=O)NC2=O. The van der Waals surface area contributed by atoms with Gasteiger partial charge in [0.25, 0.3) is 0 Å². The Bertz CT molecular complexity index is 1270. The summed E-state index contributed by atoms with van der Waals surface area (Å²) in [5, 5.41) is 5.47. The number of amides is 4. The van der Waals surface area contributed by atoms with Gasteiger partial charge in [0, 0.05) is 39.1 Å². The second-order valence-electron chi connectivity index (χ2n) is 11.1. The number of nitrogens with zero attached hydrogens (tertiary/aromatic N) is 3. The van der Waals surface area contributed by atoms with Crippen LogP contribution in [0.3, 0.4) is 0 Å². The molecule has 38 heavy (non-hydrogen) atoms. The summed E-state index contributed by atoms with van der Waals surface area (Å²) in [6, 6.07) is 3.47. The Morgan fingerprint density at radius 3 is 2.61 bits per heavy atom. The summed E-state index contributed by atoms with van der Waals surface area (Å²) >= 11 is 0. The highest BCUT2D eigenvalue weighted by Crippen LogP contribution is 2.40. The number of imidazole rings is 1. The minimum Gasteiger partial charge on any atom is -0.373 e. The van der Waals surface area contributed by atoms with Gasteiger partial charge < -0.3 is 19.5 Å². The Balaban J connectivity index is 1.38. The van der Waals surface area contributed by atoms with Crippen LogP contribution in [0.15, 0.2) is 24.4 Å². The molecule has 3 aliphatic rings. The highest BCUT2D eigenvalue weighted by molar-refractivity contribution is 6.06. The number of hydrogen-bond acceptors (Lipinski definition) is 5. The molecule has 2 fully saturated rings. The minimum absolute atomic E-state index is 0.164. The first-order valence-corrected chi connectivity index (χ1v) is 13.0. The summed E-state index contributed by atoms with van der Waals surface area (Å²) in [4.78, 5) is 43.7. The standard InChI is InChI=1S/C27H33F2N5O4/c1-26(2,38-3)20-14-30-23-19(8-7-16(15-34(20)23)17-5-4-6-18(28)22(17)29)31-25(37)33-11-9-27(10-12-33)13-21(35)32-24(27)36/h4-6,14,16,19H,7-13,15H2,1-3H3,(H,31,37)(H,32,35,36)/t16-,19-/m1/s1. The molecule has 1 aromatic carbocycles. The molecule has 9 nitrogen and oxygen atoms in total. The Kier molecular flexibility index (Phi) is 6.75. The highest BCUT2D eigenvalue weighted by atomic mass is 19.2. The molecule has 5 rings (SSSR count). The van der Waals surface area contributed by atoms with Crippen molar-refractivity contribution < 1.29 is 27.9 Å². The van der Waals surface area contributed by atoms with Gasteiger partial charge in [0.05, 0.1) is 23.3 Å². The van der Waals surface area contributed by atoms with Gasteiger partial charge in [0.15, 0.2) is 11.6 Å². The fraction of sp³-hybridized carbons (Fsp3) is 0.556. The number of hydrogen-bond donors (Lipinski definition) is 2. The van der Waals surface area contributed by atoms with E-state index in [1.807, 2.05) is 18.4 Å². The molecule has 2 aromatic rings. The number of aromatic nitrogens is 2. The lowest BCUT2D eigenvalue weighted by Gasteiger charge is -2.37. The van der Waals surface area contributed by atoms with Crippen LogP contribution < -0.4 is 10.6 Å². The molecule has 0 unspecified atom stereocenters. The van der Waals surface area contributed by atoms with E-state index in [9.17, 15) is 23.2 Å². The van der Waals surface area contributed by atoms with E-state index < -0.39 is 28.7 Å². The van der Waals surface area contributed by atoms with Crippen molar-refractivity contribution in [2.75, 3.05) is 20.2 Å². The lowest BCUT2D eigenvalue weighted by molar-refractivity contribution is -0.130. The maximum atomic E-state index is 14.8. The average molecular weight is 530 g/mol. The third kappa shape index (κ3) is 4.57. The quantitative estimate of drug-likeness (QED) is 0.590. The Hall–Kier alpha value is -3.34. The summed E-state index contributed by atoms with van der Waals surface area (Å²) in [5.74, 6) is -1.96. The molecule has 2 N–H and O–H groups in total. The van der Waals surface area contributed by atoms with Gasteiger partial charge in [-0.2, -0.15) is 0 Å². The van der Waals surface area contributed by atoms with Crippen LogP contribution in [0.4, 0.5) is 13.6 Å². The van der Waals surface area contributed by atoms with Crippen molar-refractivity contribution in [2.24, 2.45) is 5.41 Å². The molecule has 2 saturated heterocycles. The number of imide groups is 1. The molecule has 204 valence electrons. The van der Waals surface area contributed by atoms with E-state index in [1.165, 1.54) is 6.07 Å². The second kappa shape index (κ2) is 9.76. The number of halogens is 2. The molecular formula is C27H33F2N5O4. The Labute approximate surface area is 219 Å². The van der Waals surface area contributed by atoms with Gasteiger partial charge in [-0.1, -0.05) is 12.1 Å². The predicted octanol–water partition coefficient (Wildman–Crippen LogP) is 3.50. The smallest absolute Gasteiger partial charge is 0.317 e. The zero-order chi connectivity index (χ0) is 27.2. The lowest BCUT2D eigenvalue weighted by Crippen LogP contribution is -2.50. The molecule has 0 aliphatic carbocycles. The van der Waals surface area contributed by atoms with Crippen LogP contribution in [-0.4, -0.2) is 52.5 Å². The van der Waals surface area contributed by atoms with Gasteiger partial charge in [0.2, 0.25) is 11.8 Å². The van der Waals surface area contributed by atoms with E-state index in [1.54, 1.807) is 24.3 Å². The van der Waals surface area contributed by atoms with Crippen LogP contribution in [-0.2, 0) is 26.5 Å². The fourth-order valence-corrected chi connectivity index (χ4v) is 5.95. The minimum atomic E-state index is -0.889. The van der Waals surface area contributed by atoms with E-state index in [-0.39, 0.29) is 30.2 Å². The van der Waals surface area contributed by atoms with Crippen LogP contribution in [0.2, 0.25) is 0 Å². The maximum Gasteiger partial charge on any atom is 0.317 e. The fourth-order valence-electron chi connectivity index (χ4n) is 5.95. The van der Waals surface area contributed by atoms with E-state index in [0.717, 1.165) is 11.8 Å². The first-order chi connectivity index (χ1) is 18.0. The molecule has 4 amide bonds. The number of likely N-dealkylation sites (tertiary alicyclic amines) is 1. The zero-order valence-corrected chi connectivity index (χ0v) is 21.9. The second-order valence-corrected chi connectivity index (χ2v) is 11.1. The summed E-state index contributed by atoms with van der Waals surface area (Å²) in [6.07, 6.45) is 3.70. The molecule has 1 spiro atoms. The van der Waals surface area contributed by atoms with Gasteiger partial charge in [-0.15, -0.1) is 0 Å². The molecule has 4 heterocycles. The summed E-state index contributed by atoms with van der Waals surface area (Å²) in [7, 11) is 1.60. The van der Waals surface area contributed by atoms with Crippen molar-refractivity contribution in [3.8, 4) is 0 Å². The first-order valence-electron chi connectivity index (χ1n) is 13.0. The van der Waals surface area contributed by atoms with E-state index in [0.29, 0.717) is 56.7 Å². The third-order valence-electron chi connectivity index (χ3n) is 8.49. The van der Waals surface area contributed by atoms with Gasteiger partial charge in [0.1, 0.15) is 11.4 Å². The van der Waals surface area contributed by atoms with Crippen molar-refractivity contribution in [1.29, 1.82) is 0 Å². The van der Waals surface area contributed by atoms with E-state index in [4.69, 9.17) is 4.74 Å². The summed E-state index contributed by atoms with van der Waals surface area (Å²) in [5.41, 5.74) is -0.358. The zero-order valence-electron chi connectivity index (χ0n) is 21.9. The van der Waals surface area contributed by atoms with E-state index in [2.05, 4.69) is 15.6 Å². The number of urea groups is 1. The molecule has 3 aliphatic heterocycles. The topological polar surface area (TPSA) is 106 Å². The number of carbonyl (C=O) groups is 3. The molecule has 2 atom stereocenters. The van der Waals surface area contributed by atoms with Crippen molar-refractivity contribution >= 4 is 17.8 Å². The van der Waals surface area contributed by atoms with Crippen LogP contribution in [0, 0.1) is 17.0 Å². The molecule has 0 radical (unpaired) electrons. The number of methoxy groups -OCH3 is 1. The number of ether oxygens (including phenoxy) is 1. The number of rotatable bonds is 4. The van der Waals surface area contributed by atoms with Crippen LogP contribution in [0.25, 0.3) is 0 Å². The maximum absolute atomic E-state index is 14.8. The molecule has 0 saturated carbocycles. The molecular weight excluding hydrogens is 496 g/mol. The normalized spacial score (nSPS) is 23.2.